The number of anilines is 1. The fourth-order valence-corrected chi connectivity index (χ4v) is 2.41. The van der Waals surface area contributed by atoms with Crippen LogP contribution in [0.3, 0.4) is 0 Å². The van der Waals surface area contributed by atoms with E-state index >= 15 is 0 Å². The van der Waals surface area contributed by atoms with Crippen LogP contribution in [0.4, 0.5) is 5.69 Å². The van der Waals surface area contributed by atoms with E-state index < -0.39 is 5.97 Å². The number of nitrogens with one attached hydrogen (secondary N) is 1. The largest absolute Gasteiger partial charge is 0.465 e. The molecule has 1 aromatic rings. The normalized spacial score (nSPS) is 17.0. The maximum absolute atomic E-state index is 12.0. The van der Waals surface area contributed by atoms with Gasteiger partial charge in [-0.05, 0) is 43.4 Å². The van der Waals surface area contributed by atoms with Crippen molar-refractivity contribution in [3.05, 3.63) is 41.5 Å². The minimum Gasteiger partial charge on any atom is -0.465 e. The first kappa shape index (κ1) is 14.3. The smallest absolute Gasteiger partial charge is 0.338 e. The van der Waals surface area contributed by atoms with Gasteiger partial charge in [0.2, 0.25) is 5.91 Å². The molecule has 1 unspecified atom stereocenters. The van der Waals surface area contributed by atoms with Gasteiger partial charge in [-0.2, -0.15) is 0 Å². The zero-order chi connectivity index (χ0) is 14.5. The lowest BCUT2D eigenvalue weighted by molar-refractivity contribution is -0.116. The molecular weight excluding hydrogens is 254 g/mol. The monoisotopic (exact) mass is 273 g/mol. The molecule has 0 saturated carbocycles. The number of hydrogen-bond acceptors (Lipinski definition) is 3. The molecule has 0 aromatic heterocycles. The minimum atomic E-state index is -0.391. The Morgan fingerprint density at radius 1 is 1.40 bits per heavy atom. The van der Waals surface area contributed by atoms with E-state index in [0.717, 1.165) is 18.4 Å². The van der Waals surface area contributed by atoms with Crippen LogP contribution in [-0.2, 0) is 9.53 Å². The van der Waals surface area contributed by atoms with Crippen LogP contribution in [0.1, 0.15) is 35.2 Å². The molecule has 4 heteroatoms. The molecule has 1 N–H and O–H groups in total. The third-order valence-corrected chi connectivity index (χ3v) is 3.57. The van der Waals surface area contributed by atoms with Crippen LogP contribution in [0.2, 0.25) is 0 Å². The molecule has 1 aliphatic carbocycles. The Hall–Kier alpha value is -2.10. The second-order valence-corrected chi connectivity index (χ2v) is 4.99. The third-order valence-electron chi connectivity index (χ3n) is 3.57. The maximum Gasteiger partial charge on any atom is 0.338 e. The first-order valence-corrected chi connectivity index (χ1v) is 6.76. The van der Waals surface area contributed by atoms with E-state index in [4.69, 9.17) is 4.74 Å². The Balaban J connectivity index is 2.07. The number of allylic oxidation sites excluding steroid dienone is 2. The van der Waals surface area contributed by atoms with Crippen molar-refractivity contribution >= 4 is 17.6 Å². The van der Waals surface area contributed by atoms with Crippen LogP contribution < -0.4 is 5.32 Å². The fraction of sp³-hybridized carbons (Fsp3) is 0.375. The number of rotatable bonds is 4. The second kappa shape index (κ2) is 6.37. The highest BCUT2D eigenvalue weighted by atomic mass is 16.5. The van der Waals surface area contributed by atoms with E-state index in [2.05, 4.69) is 17.5 Å². The summed E-state index contributed by atoms with van der Waals surface area (Å²) in [5.41, 5.74) is 1.88. The molecule has 1 aromatic carbocycles. The zero-order valence-electron chi connectivity index (χ0n) is 11.8. The van der Waals surface area contributed by atoms with Gasteiger partial charge in [0.05, 0.1) is 12.7 Å². The average Bonchev–Trinajstić information content (AvgIpc) is 2.93. The van der Waals surface area contributed by atoms with Gasteiger partial charge in [0, 0.05) is 12.1 Å². The summed E-state index contributed by atoms with van der Waals surface area (Å²) in [6, 6.07) is 5.23. The van der Waals surface area contributed by atoms with Gasteiger partial charge < -0.3 is 10.1 Å². The first-order valence-electron chi connectivity index (χ1n) is 6.76. The Kier molecular flexibility index (Phi) is 4.56. The van der Waals surface area contributed by atoms with Crippen molar-refractivity contribution in [2.24, 2.45) is 5.92 Å². The van der Waals surface area contributed by atoms with Crippen molar-refractivity contribution in [1.29, 1.82) is 0 Å². The van der Waals surface area contributed by atoms with Crippen molar-refractivity contribution in [3.8, 4) is 0 Å². The number of carbonyl (C=O) groups excluding carboxylic acids is 2. The van der Waals surface area contributed by atoms with Gasteiger partial charge in [0.15, 0.2) is 0 Å². The number of methoxy groups -OCH3 is 1. The lowest BCUT2D eigenvalue weighted by atomic mass is 10.0. The van der Waals surface area contributed by atoms with Gasteiger partial charge in [0.1, 0.15) is 0 Å². The third kappa shape index (κ3) is 3.26. The van der Waals surface area contributed by atoms with Crippen molar-refractivity contribution in [2.45, 2.75) is 26.2 Å². The molecule has 0 bridgehead atoms. The van der Waals surface area contributed by atoms with E-state index in [1.54, 1.807) is 25.1 Å². The highest BCUT2D eigenvalue weighted by Gasteiger charge is 2.16. The highest BCUT2D eigenvalue weighted by molar-refractivity contribution is 5.96. The summed E-state index contributed by atoms with van der Waals surface area (Å²) in [6.45, 7) is 1.80. The molecule has 0 heterocycles. The van der Waals surface area contributed by atoms with Gasteiger partial charge in [-0.15, -0.1) is 0 Å². The lowest BCUT2D eigenvalue weighted by Gasteiger charge is -2.12. The molecule has 1 aliphatic rings. The minimum absolute atomic E-state index is 0.0216. The molecule has 1 atom stereocenters. The predicted molar refractivity (Wildman–Crippen MR) is 77.6 cm³/mol. The first-order chi connectivity index (χ1) is 9.61. The van der Waals surface area contributed by atoms with Gasteiger partial charge in [-0.3, -0.25) is 4.79 Å². The summed E-state index contributed by atoms with van der Waals surface area (Å²) in [7, 11) is 1.35. The Labute approximate surface area is 118 Å². The van der Waals surface area contributed by atoms with Crippen LogP contribution in [0.15, 0.2) is 30.4 Å². The van der Waals surface area contributed by atoms with Crippen LogP contribution >= 0.6 is 0 Å². The van der Waals surface area contributed by atoms with Crippen LogP contribution in [-0.4, -0.2) is 19.0 Å². The number of esters is 1. The van der Waals surface area contributed by atoms with Gasteiger partial charge in [-0.25, -0.2) is 4.79 Å². The van der Waals surface area contributed by atoms with E-state index in [-0.39, 0.29) is 5.91 Å². The average molecular weight is 273 g/mol. The molecule has 0 spiro atoms. The van der Waals surface area contributed by atoms with Crippen molar-refractivity contribution in [1.82, 2.24) is 0 Å². The summed E-state index contributed by atoms with van der Waals surface area (Å²) >= 11 is 0. The zero-order valence-corrected chi connectivity index (χ0v) is 11.8. The molecule has 2 rings (SSSR count). The summed E-state index contributed by atoms with van der Waals surface area (Å²) in [4.78, 5) is 23.6. The van der Waals surface area contributed by atoms with Crippen molar-refractivity contribution in [3.63, 3.8) is 0 Å². The number of amides is 1. The van der Waals surface area contributed by atoms with Crippen LogP contribution in [0, 0.1) is 12.8 Å². The van der Waals surface area contributed by atoms with Gasteiger partial charge >= 0.3 is 5.97 Å². The van der Waals surface area contributed by atoms with E-state index in [9.17, 15) is 9.59 Å². The molecule has 0 saturated heterocycles. The summed E-state index contributed by atoms with van der Waals surface area (Å²) in [5, 5.41) is 2.88. The number of ether oxygens (including phenoxy) is 1. The van der Waals surface area contributed by atoms with Crippen LogP contribution in [0.25, 0.3) is 0 Å². The van der Waals surface area contributed by atoms with Gasteiger partial charge in [-0.1, -0.05) is 18.2 Å². The maximum atomic E-state index is 12.0. The molecular formula is C16H19NO3. The number of carbonyl (C=O) groups is 2. The molecule has 20 heavy (non-hydrogen) atoms. The van der Waals surface area contributed by atoms with E-state index in [1.165, 1.54) is 7.11 Å². The Morgan fingerprint density at radius 2 is 2.20 bits per heavy atom. The van der Waals surface area contributed by atoms with E-state index in [1.807, 2.05) is 0 Å². The molecule has 0 aliphatic heterocycles. The highest BCUT2D eigenvalue weighted by Crippen LogP contribution is 2.23. The van der Waals surface area contributed by atoms with Crippen molar-refractivity contribution < 1.29 is 14.3 Å². The Morgan fingerprint density at radius 3 is 2.85 bits per heavy atom. The standard InChI is InChI=1S/C16H19NO3/c1-11-13(16(19)20-2)8-5-9-14(11)17-15(18)10-12-6-3-4-7-12/h3,5-6,8-9,12H,4,7,10H2,1-2H3,(H,17,18). The molecule has 106 valence electrons. The van der Waals surface area contributed by atoms with Crippen molar-refractivity contribution in [2.75, 3.05) is 12.4 Å². The molecule has 0 radical (unpaired) electrons. The quantitative estimate of drug-likeness (QED) is 0.677. The number of benzene rings is 1. The fourth-order valence-electron chi connectivity index (χ4n) is 2.41. The lowest BCUT2D eigenvalue weighted by Crippen LogP contribution is -2.16. The SMILES string of the molecule is COC(=O)c1cccc(NC(=O)CC2C=CCC2)c1C. The molecule has 0 fully saturated rings. The van der Waals surface area contributed by atoms with Gasteiger partial charge in [0.25, 0.3) is 0 Å². The summed E-state index contributed by atoms with van der Waals surface area (Å²) in [5.74, 6) is -0.0805. The summed E-state index contributed by atoms with van der Waals surface area (Å²) < 4.78 is 4.72. The second-order valence-electron chi connectivity index (χ2n) is 4.99. The molecule has 1 amide bonds. The topological polar surface area (TPSA) is 55.4 Å². The van der Waals surface area contributed by atoms with Crippen LogP contribution in [0.5, 0.6) is 0 Å². The molecule has 4 nitrogen and oxygen atoms in total. The summed E-state index contributed by atoms with van der Waals surface area (Å²) in [6.07, 6.45) is 6.78. The van der Waals surface area contributed by atoms with E-state index in [0.29, 0.717) is 23.6 Å². The predicted octanol–water partition coefficient (Wildman–Crippen LogP) is 3.08. The number of hydrogen-bond donors (Lipinski definition) is 1. The Bertz CT molecular complexity index is 549.